The van der Waals surface area contributed by atoms with Gasteiger partial charge in [-0.15, -0.1) is 0 Å². The molecule has 2 aliphatic rings. The van der Waals surface area contributed by atoms with Gasteiger partial charge in [-0.2, -0.15) is 0 Å². The molecule has 0 saturated carbocycles. The van der Waals surface area contributed by atoms with E-state index in [1.54, 1.807) is 0 Å². The van der Waals surface area contributed by atoms with Gasteiger partial charge in [-0.3, -0.25) is 9.80 Å². The summed E-state index contributed by atoms with van der Waals surface area (Å²) in [6.45, 7) is 5.93. The van der Waals surface area contributed by atoms with Gasteiger partial charge in [-0.1, -0.05) is 30.3 Å². The molecule has 1 aromatic carbocycles. The molecular formula is C16H25N3. The van der Waals surface area contributed by atoms with Crippen molar-refractivity contribution in [2.24, 2.45) is 0 Å². The number of nitrogens with one attached hydrogen (secondary N) is 1. The molecule has 3 nitrogen and oxygen atoms in total. The van der Waals surface area contributed by atoms with Crippen LogP contribution in [0, 0.1) is 0 Å². The molecule has 0 bridgehead atoms. The number of likely N-dealkylation sites (tertiary alicyclic amines) is 1. The number of benzene rings is 1. The number of hydrogen-bond acceptors (Lipinski definition) is 3. The lowest BCUT2D eigenvalue weighted by Crippen LogP contribution is -2.42. The lowest BCUT2D eigenvalue weighted by atomic mass is 10.1. The van der Waals surface area contributed by atoms with Crippen LogP contribution in [0.15, 0.2) is 30.3 Å². The van der Waals surface area contributed by atoms with Gasteiger partial charge in [0, 0.05) is 38.3 Å². The second-order valence-electron chi connectivity index (χ2n) is 5.98. The van der Waals surface area contributed by atoms with Crippen LogP contribution in [0.1, 0.15) is 18.4 Å². The summed E-state index contributed by atoms with van der Waals surface area (Å²) in [6, 6.07) is 12.3. The van der Waals surface area contributed by atoms with E-state index < -0.39 is 0 Å². The first kappa shape index (κ1) is 13.1. The van der Waals surface area contributed by atoms with Crippen molar-refractivity contribution in [2.45, 2.75) is 31.5 Å². The maximum atomic E-state index is 3.47. The molecule has 2 unspecified atom stereocenters. The van der Waals surface area contributed by atoms with E-state index in [0.717, 1.165) is 18.6 Å². The molecule has 2 heterocycles. The number of nitrogens with zero attached hydrogens (tertiary/aromatic N) is 2. The predicted molar refractivity (Wildman–Crippen MR) is 79.2 cm³/mol. The highest BCUT2D eigenvalue weighted by molar-refractivity contribution is 5.14. The number of likely N-dealkylation sites (N-methyl/N-ethyl adjacent to an activating group) is 1. The second kappa shape index (κ2) is 6.04. The fourth-order valence-corrected chi connectivity index (χ4v) is 3.42. The Morgan fingerprint density at radius 2 is 2.05 bits per heavy atom. The quantitative estimate of drug-likeness (QED) is 0.885. The van der Waals surface area contributed by atoms with Gasteiger partial charge in [0.1, 0.15) is 0 Å². The molecule has 1 aromatic rings. The van der Waals surface area contributed by atoms with Crippen LogP contribution in [0.4, 0.5) is 0 Å². The van der Waals surface area contributed by atoms with Gasteiger partial charge in [-0.05, 0) is 32.0 Å². The third-order valence-corrected chi connectivity index (χ3v) is 4.68. The zero-order valence-corrected chi connectivity index (χ0v) is 11.9. The van der Waals surface area contributed by atoms with E-state index in [1.807, 2.05) is 0 Å². The summed E-state index contributed by atoms with van der Waals surface area (Å²) in [5, 5.41) is 3.47. The smallest absolute Gasteiger partial charge is 0.0235 e. The molecule has 0 amide bonds. The summed E-state index contributed by atoms with van der Waals surface area (Å²) >= 11 is 0. The van der Waals surface area contributed by atoms with Gasteiger partial charge in [0.15, 0.2) is 0 Å². The van der Waals surface area contributed by atoms with Crippen LogP contribution in [0.2, 0.25) is 0 Å². The van der Waals surface area contributed by atoms with E-state index in [4.69, 9.17) is 0 Å². The Balaban J connectivity index is 1.52. The van der Waals surface area contributed by atoms with Crippen molar-refractivity contribution in [1.29, 1.82) is 0 Å². The van der Waals surface area contributed by atoms with Gasteiger partial charge in [0.05, 0.1) is 0 Å². The lowest BCUT2D eigenvalue weighted by Gasteiger charge is -2.30. The van der Waals surface area contributed by atoms with Gasteiger partial charge in [0.25, 0.3) is 0 Å². The minimum Gasteiger partial charge on any atom is -0.315 e. The summed E-state index contributed by atoms with van der Waals surface area (Å²) in [4.78, 5) is 5.21. The third kappa shape index (κ3) is 3.16. The zero-order valence-electron chi connectivity index (χ0n) is 11.9. The summed E-state index contributed by atoms with van der Waals surface area (Å²) in [7, 11) is 2.31. The largest absolute Gasteiger partial charge is 0.315 e. The fraction of sp³-hybridized carbons (Fsp3) is 0.625. The molecule has 0 aromatic heterocycles. The average Bonchev–Trinajstić information content (AvgIpc) is 3.10. The van der Waals surface area contributed by atoms with Crippen LogP contribution in [0.25, 0.3) is 0 Å². The number of rotatable bonds is 4. The van der Waals surface area contributed by atoms with E-state index >= 15 is 0 Å². The van der Waals surface area contributed by atoms with Gasteiger partial charge in [-0.25, -0.2) is 0 Å². The van der Waals surface area contributed by atoms with Crippen molar-refractivity contribution >= 4 is 0 Å². The topological polar surface area (TPSA) is 18.5 Å². The summed E-state index contributed by atoms with van der Waals surface area (Å²) in [5.74, 6) is 0. The maximum Gasteiger partial charge on any atom is 0.0235 e. The standard InChI is InChI=1S/C16H25N3/c1-18(15-7-9-17-11-15)16-8-10-19(13-16)12-14-5-3-2-4-6-14/h2-6,15-17H,7-13H2,1H3. The van der Waals surface area contributed by atoms with Crippen molar-refractivity contribution < 1.29 is 0 Å². The highest BCUT2D eigenvalue weighted by Gasteiger charge is 2.30. The molecular weight excluding hydrogens is 234 g/mol. The summed E-state index contributed by atoms with van der Waals surface area (Å²) in [5.41, 5.74) is 1.44. The van der Waals surface area contributed by atoms with Gasteiger partial charge in [0.2, 0.25) is 0 Å². The maximum absolute atomic E-state index is 3.47. The van der Waals surface area contributed by atoms with Crippen LogP contribution in [0.5, 0.6) is 0 Å². The molecule has 0 radical (unpaired) electrons. The Morgan fingerprint density at radius 3 is 2.79 bits per heavy atom. The summed E-state index contributed by atoms with van der Waals surface area (Å²) in [6.07, 6.45) is 2.63. The Hall–Kier alpha value is -0.900. The van der Waals surface area contributed by atoms with E-state index in [1.165, 1.54) is 44.6 Å². The first-order chi connectivity index (χ1) is 9.33. The Kier molecular flexibility index (Phi) is 4.16. The van der Waals surface area contributed by atoms with Crippen LogP contribution < -0.4 is 5.32 Å². The lowest BCUT2D eigenvalue weighted by molar-refractivity contribution is 0.179. The minimum absolute atomic E-state index is 0.744. The van der Waals surface area contributed by atoms with Gasteiger partial charge >= 0.3 is 0 Å². The molecule has 1 N–H and O–H groups in total. The first-order valence-corrected chi connectivity index (χ1v) is 7.52. The second-order valence-corrected chi connectivity index (χ2v) is 5.98. The highest BCUT2D eigenvalue weighted by Crippen LogP contribution is 2.20. The highest BCUT2D eigenvalue weighted by atomic mass is 15.3. The number of hydrogen-bond donors (Lipinski definition) is 1. The van der Waals surface area contributed by atoms with Crippen molar-refractivity contribution in [3.05, 3.63) is 35.9 Å². The average molecular weight is 259 g/mol. The van der Waals surface area contributed by atoms with Crippen LogP contribution in [0.3, 0.4) is 0 Å². The van der Waals surface area contributed by atoms with Crippen molar-refractivity contribution in [1.82, 2.24) is 15.1 Å². The molecule has 19 heavy (non-hydrogen) atoms. The molecule has 3 heteroatoms. The molecule has 104 valence electrons. The van der Waals surface area contributed by atoms with Crippen LogP contribution in [-0.4, -0.2) is 55.1 Å². The summed E-state index contributed by atoms with van der Waals surface area (Å²) < 4.78 is 0. The normalized spacial score (nSPS) is 28.3. The third-order valence-electron chi connectivity index (χ3n) is 4.68. The van der Waals surface area contributed by atoms with Crippen molar-refractivity contribution in [2.75, 3.05) is 33.2 Å². The Labute approximate surface area is 116 Å². The Bertz CT molecular complexity index is 386. The van der Waals surface area contributed by atoms with Gasteiger partial charge < -0.3 is 5.32 Å². The van der Waals surface area contributed by atoms with Crippen LogP contribution >= 0.6 is 0 Å². The minimum atomic E-state index is 0.744. The predicted octanol–water partition coefficient (Wildman–Crippen LogP) is 1.55. The monoisotopic (exact) mass is 259 g/mol. The first-order valence-electron chi connectivity index (χ1n) is 7.52. The van der Waals surface area contributed by atoms with E-state index in [0.29, 0.717) is 0 Å². The molecule has 2 aliphatic heterocycles. The molecule has 2 fully saturated rings. The molecule has 0 aliphatic carbocycles. The van der Waals surface area contributed by atoms with Crippen molar-refractivity contribution in [3.8, 4) is 0 Å². The fourth-order valence-electron chi connectivity index (χ4n) is 3.42. The molecule has 0 spiro atoms. The Morgan fingerprint density at radius 1 is 1.21 bits per heavy atom. The molecule has 2 atom stereocenters. The van der Waals surface area contributed by atoms with E-state index in [9.17, 15) is 0 Å². The van der Waals surface area contributed by atoms with Crippen LogP contribution in [-0.2, 0) is 6.54 Å². The SMILES string of the molecule is CN(C1CCNC1)C1CCN(Cc2ccccc2)C1. The van der Waals surface area contributed by atoms with E-state index in [-0.39, 0.29) is 0 Å². The molecule has 2 saturated heterocycles. The van der Waals surface area contributed by atoms with E-state index in [2.05, 4.69) is 52.5 Å². The zero-order chi connectivity index (χ0) is 13.1. The van der Waals surface area contributed by atoms with Crippen molar-refractivity contribution in [3.63, 3.8) is 0 Å². The molecule has 3 rings (SSSR count).